The molecule has 0 radical (unpaired) electrons. The Balaban J connectivity index is 4.06. The molecule has 2 N–H and O–H groups in total. The van der Waals surface area contributed by atoms with Gasteiger partial charge in [-0.05, 0) is 12.8 Å². The Morgan fingerprint density at radius 2 is 0.754 bits per heavy atom. The molecular weight excluding hydrogens is 828 g/mol. The third kappa shape index (κ3) is 51.2. The van der Waals surface area contributed by atoms with Crippen molar-refractivity contribution in [1.82, 2.24) is 5.32 Å². The van der Waals surface area contributed by atoms with Gasteiger partial charge in [0, 0.05) is 6.42 Å². The molecule has 0 aliphatic heterocycles. The third-order valence-corrected chi connectivity index (χ3v) is 14.6. The largest absolute Gasteiger partial charge is 0.756 e. The van der Waals surface area contributed by atoms with Gasteiger partial charge in [0.2, 0.25) is 5.91 Å². The number of nitrogens with one attached hydrogen (secondary N) is 1. The van der Waals surface area contributed by atoms with Crippen molar-refractivity contribution in [3.05, 3.63) is 0 Å². The molecule has 0 aliphatic carbocycles. The van der Waals surface area contributed by atoms with Crippen LogP contribution in [0.15, 0.2) is 0 Å². The molecule has 0 fully saturated rings. The van der Waals surface area contributed by atoms with Gasteiger partial charge in [-0.15, -0.1) is 0 Å². The Hall–Kier alpha value is -0.500. The van der Waals surface area contributed by atoms with E-state index in [9.17, 15) is 19.4 Å². The zero-order chi connectivity index (χ0) is 47.8. The first kappa shape index (κ1) is 64.5. The highest BCUT2D eigenvalue weighted by molar-refractivity contribution is 7.45. The van der Waals surface area contributed by atoms with Gasteiger partial charge >= 0.3 is 0 Å². The zero-order valence-corrected chi connectivity index (χ0v) is 45.4. The van der Waals surface area contributed by atoms with Crippen LogP contribution in [0, 0.1) is 0 Å². The van der Waals surface area contributed by atoms with E-state index in [1.165, 1.54) is 238 Å². The van der Waals surface area contributed by atoms with E-state index in [1.54, 1.807) is 0 Å². The van der Waals surface area contributed by atoms with E-state index in [0.717, 1.165) is 38.5 Å². The summed E-state index contributed by atoms with van der Waals surface area (Å²) in [4.78, 5) is 25.5. The van der Waals surface area contributed by atoms with Gasteiger partial charge in [-0.1, -0.05) is 284 Å². The molecule has 65 heavy (non-hydrogen) atoms. The molecule has 0 heterocycles. The Bertz CT molecular complexity index is 1030. The molecule has 0 aromatic heterocycles. The van der Waals surface area contributed by atoms with E-state index in [0.29, 0.717) is 23.9 Å². The number of amides is 1. The lowest BCUT2D eigenvalue weighted by Crippen LogP contribution is -2.46. The van der Waals surface area contributed by atoms with Crippen molar-refractivity contribution < 1.29 is 32.9 Å². The number of phosphoric acid groups is 1. The number of aliphatic hydroxyl groups excluding tert-OH is 1. The van der Waals surface area contributed by atoms with Crippen LogP contribution in [0.25, 0.3) is 0 Å². The van der Waals surface area contributed by atoms with Gasteiger partial charge in [0.1, 0.15) is 13.2 Å². The number of hydrogen-bond acceptors (Lipinski definition) is 6. The summed E-state index contributed by atoms with van der Waals surface area (Å²) in [6, 6.07) is -0.794. The molecule has 0 aliphatic rings. The number of likely N-dealkylation sites (N-methyl/N-ethyl adjacent to an activating group) is 1. The average molecular weight is 944 g/mol. The number of carbonyl (C=O) groups excluding carboxylic acids is 1. The van der Waals surface area contributed by atoms with Crippen molar-refractivity contribution >= 4 is 13.7 Å². The third-order valence-electron chi connectivity index (χ3n) is 13.6. The van der Waals surface area contributed by atoms with Crippen molar-refractivity contribution in [2.24, 2.45) is 0 Å². The SMILES string of the molecule is CCCCCCCCCCCCCCCCCCCCCCCCCCCCCC(=O)N[C@@H](COP(=O)([O-])OCC[N+](C)(C)C)[C@H](O)CCCCCCCCCCCCCCCCCC. The molecule has 0 bridgehead atoms. The van der Waals surface area contributed by atoms with Gasteiger partial charge < -0.3 is 28.8 Å². The summed E-state index contributed by atoms with van der Waals surface area (Å²) >= 11 is 0. The fraction of sp³-hybridized carbons (Fsp3) is 0.982. The van der Waals surface area contributed by atoms with Crippen molar-refractivity contribution in [2.75, 3.05) is 40.9 Å². The number of unbranched alkanes of at least 4 members (excludes halogenated alkanes) is 41. The highest BCUT2D eigenvalue weighted by Gasteiger charge is 2.24. The summed E-state index contributed by atoms with van der Waals surface area (Å²) in [7, 11) is 1.32. The topological polar surface area (TPSA) is 108 Å². The lowest BCUT2D eigenvalue weighted by Gasteiger charge is -2.30. The number of aliphatic hydroxyl groups is 1. The van der Waals surface area contributed by atoms with Gasteiger partial charge in [-0.25, -0.2) is 0 Å². The second-order valence-corrected chi connectivity index (χ2v) is 22.8. The fourth-order valence-corrected chi connectivity index (χ4v) is 9.77. The van der Waals surface area contributed by atoms with Crippen LogP contribution < -0.4 is 10.2 Å². The summed E-state index contributed by atoms with van der Waals surface area (Å²) in [6.07, 6.45) is 57.1. The Labute approximate surface area is 406 Å². The fourth-order valence-electron chi connectivity index (χ4n) is 9.04. The summed E-state index contributed by atoms with van der Waals surface area (Å²) in [5, 5.41) is 14.0. The minimum atomic E-state index is -4.57. The Morgan fingerprint density at radius 1 is 0.477 bits per heavy atom. The number of hydrogen-bond donors (Lipinski definition) is 2. The van der Waals surface area contributed by atoms with Gasteiger partial charge in [-0.2, -0.15) is 0 Å². The van der Waals surface area contributed by atoms with Crippen LogP contribution in [0.4, 0.5) is 0 Å². The van der Waals surface area contributed by atoms with E-state index in [4.69, 9.17) is 9.05 Å². The quantitative estimate of drug-likeness (QED) is 0.0357. The molecule has 0 saturated carbocycles. The lowest BCUT2D eigenvalue weighted by atomic mass is 10.0. The van der Waals surface area contributed by atoms with Crippen molar-refractivity contribution in [2.45, 2.75) is 315 Å². The van der Waals surface area contributed by atoms with Crippen molar-refractivity contribution in [3.8, 4) is 0 Å². The van der Waals surface area contributed by atoms with Crippen LogP contribution in [0.1, 0.15) is 303 Å². The standard InChI is InChI=1S/C56H115N2O6P/c1-6-8-10-12-14-16-18-20-22-24-25-26-27-28-29-30-31-32-33-34-36-38-40-42-44-46-48-50-56(60)57-54(53-64-65(61,62)63-52-51-58(3,4)5)55(59)49-47-45-43-41-39-37-35-23-21-19-17-15-13-11-9-7-2/h54-55,59H,6-53H2,1-5H3,(H-,57,60,61,62)/t54-,55+/m0/s1. The van der Waals surface area contributed by atoms with Crippen LogP contribution in [0.3, 0.4) is 0 Å². The minimum absolute atomic E-state index is 0.0166. The van der Waals surface area contributed by atoms with Crippen molar-refractivity contribution in [3.63, 3.8) is 0 Å². The predicted octanol–water partition coefficient (Wildman–Crippen LogP) is 16.6. The van der Waals surface area contributed by atoms with Gasteiger partial charge in [0.15, 0.2) is 0 Å². The first-order valence-corrected chi connectivity index (χ1v) is 30.3. The van der Waals surface area contributed by atoms with Gasteiger partial charge in [0.05, 0.1) is 39.9 Å². The predicted molar refractivity (Wildman–Crippen MR) is 279 cm³/mol. The molecule has 3 atom stereocenters. The second kappa shape index (κ2) is 48.5. The molecule has 0 saturated heterocycles. The number of rotatable bonds is 54. The van der Waals surface area contributed by atoms with Crippen LogP contribution in [-0.4, -0.2) is 68.5 Å². The average Bonchev–Trinajstić information content (AvgIpc) is 3.26. The highest BCUT2D eigenvalue weighted by atomic mass is 31.2. The van der Waals surface area contributed by atoms with Gasteiger partial charge in [0.25, 0.3) is 7.82 Å². The van der Waals surface area contributed by atoms with Crippen LogP contribution in [0.2, 0.25) is 0 Å². The monoisotopic (exact) mass is 943 g/mol. The van der Waals surface area contributed by atoms with E-state index < -0.39 is 20.0 Å². The molecule has 9 heteroatoms. The van der Waals surface area contributed by atoms with Gasteiger partial charge in [-0.3, -0.25) is 9.36 Å². The van der Waals surface area contributed by atoms with E-state index in [2.05, 4.69) is 19.2 Å². The summed E-state index contributed by atoms with van der Waals surface area (Å²) in [6.45, 7) is 4.77. The molecule has 1 amide bonds. The van der Waals surface area contributed by atoms with Crippen molar-refractivity contribution in [1.29, 1.82) is 0 Å². The molecule has 390 valence electrons. The molecule has 8 nitrogen and oxygen atoms in total. The molecular formula is C56H115N2O6P. The number of phosphoric ester groups is 1. The maximum Gasteiger partial charge on any atom is 0.268 e. The molecule has 0 rings (SSSR count). The Morgan fingerprint density at radius 3 is 1.05 bits per heavy atom. The second-order valence-electron chi connectivity index (χ2n) is 21.4. The molecule has 0 spiro atoms. The number of carbonyl (C=O) groups is 1. The zero-order valence-electron chi connectivity index (χ0n) is 44.5. The number of quaternary nitrogens is 1. The maximum atomic E-state index is 13.0. The van der Waals surface area contributed by atoms with E-state index in [-0.39, 0.29) is 19.1 Å². The first-order chi connectivity index (χ1) is 31.5. The first-order valence-electron chi connectivity index (χ1n) is 28.9. The van der Waals surface area contributed by atoms with Crippen LogP contribution in [-0.2, 0) is 18.4 Å². The van der Waals surface area contributed by atoms with E-state index >= 15 is 0 Å². The van der Waals surface area contributed by atoms with Crippen LogP contribution >= 0.6 is 7.82 Å². The summed E-state index contributed by atoms with van der Waals surface area (Å²) in [5.41, 5.74) is 0. The number of nitrogens with zero attached hydrogens (tertiary/aromatic N) is 1. The van der Waals surface area contributed by atoms with Crippen LogP contribution in [0.5, 0.6) is 0 Å². The minimum Gasteiger partial charge on any atom is -0.756 e. The molecule has 0 aromatic carbocycles. The Kier molecular flexibility index (Phi) is 48.1. The molecule has 1 unspecified atom stereocenters. The smallest absolute Gasteiger partial charge is 0.268 e. The highest BCUT2D eigenvalue weighted by Crippen LogP contribution is 2.38. The lowest BCUT2D eigenvalue weighted by molar-refractivity contribution is -0.870. The van der Waals surface area contributed by atoms with E-state index in [1.807, 2.05) is 21.1 Å². The maximum absolute atomic E-state index is 13.0. The summed E-state index contributed by atoms with van der Waals surface area (Å²) < 4.78 is 23.4. The normalized spacial score (nSPS) is 13.9. The summed E-state index contributed by atoms with van der Waals surface area (Å²) in [5.74, 6) is -0.157. The molecule has 0 aromatic rings.